The summed E-state index contributed by atoms with van der Waals surface area (Å²) in [5.41, 5.74) is 3.39. The Kier molecular flexibility index (Phi) is 5.95. The topological polar surface area (TPSA) is 84.1 Å². The predicted octanol–water partition coefficient (Wildman–Crippen LogP) is 4.94. The van der Waals surface area contributed by atoms with Crippen LogP contribution >= 0.6 is 11.3 Å². The first kappa shape index (κ1) is 20.6. The molecule has 0 aliphatic carbocycles. The third-order valence-electron chi connectivity index (χ3n) is 4.89. The molecule has 0 saturated carbocycles. The number of nitrogens with one attached hydrogen (secondary N) is 2. The van der Waals surface area contributed by atoms with Crippen molar-refractivity contribution >= 4 is 46.1 Å². The third kappa shape index (κ3) is 4.41. The van der Waals surface area contributed by atoms with Crippen molar-refractivity contribution in [2.24, 2.45) is 0 Å². The fourth-order valence-corrected chi connectivity index (χ4v) is 3.97. The summed E-state index contributed by atoms with van der Waals surface area (Å²) in [5.74, 6) is 0.268. The van der Waals surface area contributed by atoms with Crippen molar-refractivity contribution in [3.05, 3.63) is 81.2 Å². The van der Waals surface area contributed by atoms with Gasteiger partial charge in [0.25, 0.3) is 5.91 Å². The number of aromatic amines is 1. The van der Waals surface area contributed by atoms with Crippen LogP contribution in [0.2, 0.25) is 0 Å². The lowest BCUT2D eigenvalue weighted by atomic mass is 10.1. The zero-order valence-corrected chi connectivity index (χ0v) is 18.0. The minimum atomic E-state index is -0.211. The SMILES string of the molecule is COc1c(C(=O)NCc2cccs2)ccc2[nH]nc(C=Cc3cccc(C(C)=O)c3)c12. The van der Waals surface area contributed by atoms with E-state index < -0.39 is 0 Å². The molecule has 4 rings (SSSR count). The summed E-state index contributed by atoms with van der Waals surface area (Å²) in [6.07, 6.45) is 3.72. The van der Waals surface area contributed by atoms with E-state index in [1.165, 1.54) is 0 Å². The third-order valence-corrected chi connectivity index (χ3v) is 5.77. The van der Waals surface area contributed by atoms with Gasteiger partial charge in [-0.3, -0.25) is 14.7 Å². The molecule has 0 radical (unpaired) electrons. The Hall–Kier alpha value is -3.71. The van der Waals surface area contributed by atoms with Crippen LogP contribution in [0.5, 0.6) is 5.75 Å². The molecule has 6 nitrogen and oxygen atoms in total. The van der Waals surface area contributed by atoms with Gasteiger partial charge in [0.15, 0.2) is 5.78 Å². The molecule has 156 valence electrons. The Bertz CT molecular complexity index is 1270. The first-order valence-corrected chi connectivity index (χ1v) is 10.6. The van der Waals surface area contributed by atoms with Crippen LogP contribution in [-0.4, -0.2) is 29.0 Å². The lowest BCUT2D eigenvalue weighted by Gasteiger charge is -2.10. The number of benzene rings is 2. The van der Waals surface area contributed by atoms with E-state index in [4.69, 9.17) is 4.74 Å². The van der Waals surface area contributed by atoms with Gasteiger partial charge in [0.1, 0.15) is 5.75 Å². The second kappa shape index (κ2) is 8.97. The van der Waals surface area contributed by atoms with Gasteiger partial charge in [-0.2, -0.15) is 5.10 Å². The van der Waals surface area contributed by atoms with Gasteiger partial charge in [0.2, 0.25) is 0 Å². The lowest BCUT2D eigenvalue weighted by Crippen LogP contribution is -2.22. The highest BCUT2D eigenvalue weighted by Crippen LogP contribution is 2.32. The molecule has 0 saturated heterocycles. The molecule has 2 heterocycles. The van der Waals surface area contributed by atoms with Crippen LogP contribution in [0.3, 0.4) is 0 Å². The molecule has 2 aromatic carbocycles. The second-order valence-electron chi connectivity index (χ2n) is 6.95. The van der Waals surface area contributed by atoms with E-state index >= 15 is 0 Å². The molecule has 2 N–H and O–H groups in total. The Balaban J connectivity index is 1.66. The fraction of sp³-hybridized carbons (Fsp3) is 0.125. The first-order chi connectivity index (χ1) is 15.1. The summed E-state index contributed by atoms with van der Waals surface area (Å²) >= 11 is 1.59. The van der Waals surface area contributed by atoms with Crippen LogP contribution in [0.1, 0.15) is 43.8 Å². The molecule has 31 heavy (non-hydrogen) atoms. The molecule has 0 spiro atoms. The molecular weight excluding hydrogens is 410 g/mol. The van der Waals surface area contributed by atoms with Crippen LogP contribution in [0, 0.1) is 0 Å². The number of hydrogen-bond donors (Lipinski definition) is 2. The average molecular weight is 432 g/mol. The van der Waals surface area contributed by atoms with E-state index in [-0.39, 0.29) is 11.7 Å². The van der Waals surface area contributed by atoms with Gasteiger partial charge >= 0.3 is 0 Å². The van der Waals surface area contributed by atoms with Gasteiger partial charge in [-0.05, 0) is 48.2 Å². The van der Waals surface area contributed by atoms with E-state index in [9.17, 15) is 9.59 Å². The molecule has 0 atom stereocenters. The molecule has 1 amide bonds. The smallest absolute Gasteiger partial charge is 0.255 e. The number of ether oxygens (including phenoxy) is 1. The number of nitrogens with zero attached hydrogens (tertiary/aromatic N) is 1. The quantitative estimate of drug-likeness (QED) is 0.406. The number of fused-ring (bicyclic) bond motifs is 1. The number of carbonyl (C=O) groups is 2. The summed E-state index contributed by atoms with van der Waals surface area (Å²) in [5, 5.41) is 13.0. The number of Topliss-reactive ketones (excluding diaryl/α,β-unsaturated/α-hetero) is 1. The molecular formula is C24H21N3O3S. The van der Waals surface area contributed by atoms with Crippen molar-refractivity contribution in [3.8, 4) is 5.75 Å². The molecule has 0 fully saturated rings. The maximum absolute atomic E-state index is 12.8. The molecule has 2 aromatic heterocycles. The van der Waals surface area contributed by atoms with Crippen LogP contribution in [-0.2, 0) is 6.54 Å². The summed E-state index contributed by atoms with van der Waals surface area (Å²) < 4.78 is 5.62. The van der Waals surface area contributed by atoms with Gasteiger partial charge in [-0.15, -0.1) is 11.3 Å². The number of H-pyrrole nitrogens is 1. The Labute approximate surface area is 183 Å². The molecule has 0 aliphatic heterocycles. The molecule has 4 aromatic rings. The van der Waals surface area contributed by atoms with Crippen molar-refractivity contribution in [1.29, 1.82) is 0 Å². The number of rotatable bonds is 7. The number of thiophene rings is 1. The number of aromatic nitrogens is 2. The van der Waals surface area contributed by atoms with Gasteiger partial charge in [-0.25, -0.2) is 0 Å². The highest BCUT2D eigenvalue weighted by Gasteiger charge is 2.18. The Morgan fingerprint density at radius 3 is 2.77 bits per heavy atom. The number of amides is 1. The minimum Gasteiger partial charge on any atom is -0.495 e. The normalized spacial score (nSPS) is 11.2. The van der Waals surface area contributed by atoms with E-state index in [1.54, 1.807) is 37.5 Å². The fourth-order valence-electron chi connectivity index (χ4n) is 3.33. The maximum Gasteiger partial charge on any atom is 0.255 e. The van der Waals surface area contributed by atoms with E-state index in [0.717, 1.165) is 21.3 Å². The number of carbonyl (C=O) groups excluding carboxylic acids is 2. The largest absolute Gasteiger partial charge is 0.495 e. The Morgan fingerprint density at radius 2 is 2.03 bits per heavy atom. The van der Waals surface area contributed by atoms with E-state index in [0.29, 0.717) is 29.1 Å². The summed E-state index contributed by atoms with van der Waals surface area (Å²) in [7, 11) is 1.54. The molecule has 0 bridgehead atoms. The second-order valence-corrected chi connectivity index (χ2v) is 7.99. The lowest BCUT2D eigenvalue weighted by molar-refractivity contribution is 0.0947. The van der Waals surface area contributed by atoms with Gasteiger partial charge in [0.05, 0.1) is 35.8 Å². The number of ketones is 1. The standard InChI is InChI=1S/C24H21N3O3S/c1-15(28)17-6-3-5-16(13-17)8-10-20-22-21(27-26-20)11-9-19(23(22)30-2)24(29)25-14-18-7-4-12-31-18/h3-13H,14H2,1-2H3,(H,25,29)(H,26,27). The van der Waals surface area contributed by atoms with Crippen LogP contribution in [0.4, 0.5) is 0 Å². The Morgan fingerprint density at radius 1 is 1.16 bits per heavy atom. The van der Waals surface area contributed by atoms with Crippen molar-refractivity contribution in [2.75, 3.05) is 7.11 Å². The zero-order chi connectivity index (χ0) is 21.8. The highest BCUT2D eigenvalue weighted by molar-refractivity contribution is 7.09. The summed E-state index contributed by atoms with van der Waals surface area (Å²) in [6.45, 7) is 2.00. The number of methoxy groups -OCH3 is 1. The maximum atomic E-state index is 12.8. The molecule has 0 aliphatic rings. The first-order valence-electron chi connectivity index (χ1n) is 9.71. The van der Waals surface area contributed by atoms with Crippen LogP contribution < -0.4 is 10.1 Å². The van der Waals surface area contributed by atoms with Crippen molar-refractivity contribution < 1.29 is 14.3 Å². The predicted molar refractivity (Wildman–Crippen MR) is 124 cm³/mol. The van der Waals surface area contributed by atoms with Gasteiger partial charge < -0.3 is 10.1 Å². The van der Waals surface area contributed by atoms with E-state index in [1.807, 2.05) is 53.9 Å². The molecule has 0 unspecified atom stereocenters. The molecule has 7 heteroatoms. The van der Waals surface area contributed by atoms with Crippen LogP contribution in [0.25, 0.3) is 23.1 Å². The van der Waals surface area contributed by atoms with E-state index in [2.05, 4.69) is 15.5 Å². The van der Waals surface area contributed by atoms with Crippen molar-refractivity contribution in [3.63, 3.8) is 0 Å². The van der Waals surface area contributed by atoms with Gasteiger partial charge in [0, 0.05) is 10.4 Å². The van der Waals surface area contributed by atoms with Crippen molar-refractivity contribution in [1.82, 2.24) is 15.5 Å². The average Bonchev–Trinajstić information content (AvgIpc) is 3.45. The van der Waals surface area contributed by atoms with Gasteiger partial charge in [-0.1, -0.05) is 30.3 Å². The van der Waals surface area contributed by atoms with Crippen molar-refractivity contribution in [2.45, 2.75) is 13.5 Å². The minimum absolute atomic E-state index is 0.0142. The summed E-state index contributed by atoms with van der Waals surface area (Å²) in [4.78, 5) is 25.5. The monoisotopic (exact) mass is 431 g/mol. The van der Waals surface area contributed by atoms with Crippen LogP contribution in [0.15, 0.2) is 53.9 Å². The zero-order valence-electron chi connectivity index (χ0n) is 17.1. The number of hydrogen-bond acceptors (Lipinski definition) is 5. The summed E-state index contributed by atoms with van der Waals surface area (Å²) in [6, 6.07) is 14.8. The highest BCUT2D eigenvalue weighted by atomic mass is 32.1.